The quantitative estimate of drug-likeness (QED) is 0.537. The molecule has 1 saturated heterocycles. The number of hydrogen-bond acceptors (Lipinski definition) is 4. The Morgan fingerprint density at radius 2 is 1.90 bits per heavy atom. The zero-order chi connectivity index (χ0) is 22.2. The van der Waals surface area contributed by atoms with Crippen LogP contribution in [0.25, 0.3) is 0 Å². The average Bonchev–Trinajstić information content (AvgIpc) is 3.29. The second-order valence-corrected chi connectivity index (χ2v) is 8.37. The van der Waals surface area contributed by atoms with Gasteiger partial charge in [-0.2, -0.15) is 0 Å². The molecule has 6 heteroatoms. The zero-order valence-electron chi connectivity index (χ0n) is 19.2. The van der Waals surface area contributed by atoms with Crippen LogP contribution in [0.2, 0.25) is 0 Å². The van der Waals surface area contributed by atoms with Crippen molar-refractivity contribution < 1.29 is 9.47 Å². The Morgan fingerprint density at radius 1 is 1.16 bits per heavy atom. The van der Waals surface area contributed by atoms with E-state index < -0.39 is 0 Å². The van der Waals surface area contributed by atoms with E-state index in [0.717, 1.165) is 62.6 Å². The van der Waals surface area contributed by atoms with Crippen LogP contribution in [0.15, 0.2) is 42.5 Å². The van der Waals surface area contributed by atoms with E-state index in [4.69, 9.17) is 21.7 Å². The second-order valence-electron chi connectivity index (χ2n) is 7.99. The molecule has 1 N–H and O–H groups in total. The first kappa shape index (κ1) is 23.4. The van der Waals surface area contributed by atoms with E-state index in [1.807, 2.05) is 12.1 Å². The largest absolute Gasteiger partial charge is 0.495 e. The standard InChI is InChI=1S/C25H35N3O2S/c1-5-27(6-2)21-12-10-20(11-13-21)17-28(18-22-8-7-15-30-22)25(31)26-23-14-9-19(3)16-24(23)29-4/h9-14,16,22H,5-8,15,17-18H2,1-4H3,(H,26,31). The number of anilines is 2. The fourth-order valence-electron chi connectivity index (χ4n) is 3.97. The van der Waals surface area contributed by atoms with Crippen LogP contribution < -0.4 is 15.0 Å². The molecular weight excluding hydrogens is 406 g/mol. The van der Waals surface area contributed by atoms with E-state index in [1.54, 1.807) is 7.11 Å². The Balaban J connectivity index is 1.75. The highest BCUT2D eigenvalue weighted by Crippen LogP contribution is 2.26. The lowest BCUT2D eigenvalue weighted by Crippen LogP contribution is -2.39. The minimum absolute atomic E-state index is 0.217. The third-order valence-electron chi connectivity index (χ3n) is 5.77. The predicted octanol–water partition coefficient (Wildman–Crippen LogP) is 5.23. The molecule has 0 aliphatic carbocycles. The van der Waals surface area contributed by atoms with Crippen molar-refractivity contribution in [2.45, 2.75) is 46.3 Å². The Morgan fingerprint density at radius 3 is 2.52 bits per heavy atom. The van der Waals surface area contributed by atoms with Gasteiger partial charge in [0.05, 0.1) is 18.9 Å². The normalized spacial score (nSPS) is 15.5. The van der Waals surface area contributed by atoms with Gasteiger partial charge in [-0.1, -0.05) is 18.2 Å². The maximum Gasteiger partial charge on any atom is 0.173 e. The van der Waals surface area contributed by atoms with Gasteiger partial charge in [0.1, 0.15) is 5.75 Å². The van der Waals surface area contributed by atoms with Crippen LogP contribution in [0.1, 0.15) is 37.8 Å². The Kier molecular flexibility index (Phi) is 8.55. The number of rotatable bonds is 9. The second kappa shape index (κ2) is 11.3. The summed E-state index contributed by atoms with van der Waals surface area (Å²) >= 11 is 5.83. The number of hydrogen-bond donors (Lipinski definition) is 1. The fourth-order valence-corrected chi connectivity index (χ4v) is 4.22. The summed E-state index contributed by atoms with van der Waals surface area (Å²) in [5.74, 6) is 0.794. The van der Waals surface area contributed by atoms with E-state index in [2.05, 4.69) is 66.2 Å². The average molecular weight is 442 g/mol. The maximum atomic E-state index is 5.90. The molecule has 5 nitrogen and oxygen atoms in total. The van der Waals surface area contributed by atoms with Crippen LogP contribution in [0.5, 0.6) is 5.75 Å². The summed E-state index contributed by atoms with van der Waals surface area (Å²) < 4.78 is 11.4. The van der Waals surface area contributed by atoms with Crippen LogP contribution in [0.3, 0.4) is 0 Å². The van der Waals surface area contributed by atoms with E-state index in [0.29, 0.717) is 5.11 Å². The first-order chi connectivity index (χ1) is 15.0. The lowest BCUT2D eigenvalue weighted by atomic mass is 10.1. The minimum Gasteiger partial charge on any atom is -0.495 e. The van der Waals surface area contributed by atoms with E-state index in [9.17, 15) is 0 Å². The first-order valence-corrected chi connectivity index (χ1v) is 11.6. The van der Waals surface area contributed by atoms with Crippen LogP contribution in [-0.2, 0) is 11.3 Å². The SMILES string of the molecule is CCN(CC)c1ccc(CN(CC2CCCO2)C(=S)Nc2ccc(C)cc2OC)cc1. The molecule has 3 rings (SSSR count). The molecule has 0 bridgehead atoms. The van der Waals surface area contributed by atoms with Crippen molar-refractivity contribution >= 4 is 28.7 Å². The number of thiocarbonyl (C=S) groups is 1. The number of nitrogens with zero attached hydrogens (tertiary/aromatic N) is 2. The molecule has 2 aromatic carbocycles. The molecule has 1 unspecified atom stereocenters. The Bertz CT molecular complexity index is 846. The number of benzene rings is 2. The summed E-state index contributed by atoms with van der Waals surface area (Å²) in [6.07, 6.45) is 2.41. The van der Waals surface area contributed by atoms with Gasteiger partial charge in [0.15, 0.2) is 5.11 Å². The minimum atomic E-state index is 0.217. The first-order valence-electron chi connectivity index (χ1n) is 11.2. The van der Waals surface area contributed by atoms with Crippen molar-refractivity contribution in [3.63, 3.8) is 0 Å². The summed E-state index contributed by atoms with van der Waals surface area (Å²) in [5, 5.41) is 4.09. The van der Waals surface area contributed by atoms with Gasteiger partial charge in [-0.05, 0) is 81.2 Å². The zero-order valence-corrected chi connectivity index (χ0v) is 20.0. The van der Waals surface area contributed by atoms with Crippen molar-refractivity contribution in [3.8, 4) is 5.75 Å². The van der Waals surface area contributed by atoms with Crippen molar-refractivity contribution in [2.24, 2.45) is 0 Å². The molecular formula is C25H35N3O2S. The Labute approximate surface area is 192 Å². The molecule has 168 valence electrons. The number of methoxy groups -OCH3 is 1. The summed E-state index contributed by atoms with van der Waals surface area (Å²) in [6.45, 7) is 10.8. The maximum absolute atomic E-state index is 5.90. The molecule has 0 amide bonds. The lowest BCUT2D eigenvalue weighted by molar-refractivity contribution is 0.0905. The van der Waals surface area contributed by atoms with Crippen molar-refractivity contribution in [1.82, 2.24) is 4.90 Å². The van der Waals surface area contributed by atoms with E-state index in [1.165, 1.54) is 11.3 Å². The van der Waals surface area contributed by atoms with E-state index >= 15 is 0 Å². The number of ether oxygens (including phenoxy) is 2. The monoisotopic (exact) mass is 441 g/mol. The van der Waals surface area contributed by atoms with Crippen LogP contribution in [0, 0.1) is 6.92 Å². The summed E-state index contributed by atoms with van der Waals surface area (Å²) in [4.78, 5) is 4.56. The van der Waals surface area contributed by atoms with Gasteiger partial charge in [-0.3, -0.25) is 0 Å². The molecule has 2 aromatic rings. The molecule has 1 heterocycles. The van der Waals surface area contributed by atoms with Gasteiger partial charge in [0.2, 0.25) is 0 Å². The third-order valence-corrected chi connectivity index (χ3v) is 6.13. The highest BCUT2D eigenvalue weighted by atomic mass is 32.1. The number of aryl methyl sites for hydroxylation is 1. The van der Waals surface area contributed by atoms with Crippen molar-refractivity contribution in [1.29, 1.82) is 0 Å². The molecule has 1 aliphatic rings. The topological polar surface area (TPSA) is 37.0 Å². The number of nitrogens with one attached hydrogen (secondary N) is 1. The van der Waals surface area contributed by atoms with Gasteiger partial charge >= 0.3 is 0 Å². The predicted molar refractivity (Wildman–Crippen MR) is 133 cm³/mol. The fraction of sp³-hybridized carbons (Fsp3) is 0.480. The summed E-state index contributed by atoms with van der Waals surface area (Å²) in [6, 6.07) is 14.9. The lowest BCUT2D eigenvalue weighted by Gasteiger charge is -2.29. The van der Waals surface area contributed by atoms with Crippen LogP contribution >= 0.6 is 12.2 Å². The van der Waals surface area contributed by atoms with E-state index in [-0.39, 0.29) is 6.10 Å². The molecule has 31 heavy (non-hydrogen) atoms. The smallest absolute Gasteiger partial charge is 0.173 e. The molecule has 0 aromatic heterocycles. The molecule has 0 radical (unpaired) electrons. The van der Waals surface area contributed by atoms with Gasteiger partial charge in [-0.15, -0.1) is 0 Å². The Hall–Kier alpha value is -2.31. The summed E-state index contributed by atoms with van der Waals surface area (Å²) in [5.41, 5.74) is 4.52. The van der Waals surface area contributed by atoms with Crippen molar-refractivity contribution in [3.05, 3.63) is 53.6 Å². The van der Waals surface area contributed by atoms with Crippen LogP contribution in [-0.4, -0.2) is 49.5 Å². The van der Waals surface area contributed by atoms with Crippen LogP contribution in [0.4, 0.5) is 11.4 Å². The molecule has 0 spiro atoms. The highest BCUT2D eigenvalue weighted by molar-refractivity contribution is 7.80. The molecule has 1 aliphatic heterocycles. The highest BCUT2D eigenvalue weighted by Gasteiger charge is 2.22. The molecule has 0 saturated carbocycles. The summed E-state index contributed by atoms with van der Waals surface area (Å²) in [7, 11) is 1.69. The van der Waals surface area contributed by atoms with Gasteiger partial charge in [-0.25, -0.2) is 0 Å². The van der Waals surface area contributed by atoms with Gasteiger partial charge in [0, 0.05) is 38.5 Å². The van der Waals surface area contributed by atoms with Gasteiger partial charge < -0.3 is 24.6 Å². The van der Waals surface area contributed by atoms with Gasteiger partial charge in [0.25, 0.3) is 0 Å². The molecule has 1 fully saturated rings. The molecule has 1 atom stereocenters. The van der Waals surface area contributed by atoms with Crippen molar-refractivity contribution in [2.75, 3.05) is 43.6 Å². The third kappa shape index (κ3) is 6.34.